The highest BCUT2D eigenvalue weighted by Crippen LogP contribution is 2.49. The molecule has 0 bridgehead atoms. The van der Waals surface area contributed by atoms with Gasteiger partial charge in [0.05, 0.1) is 19.6 Å². The molecule has 0 aliphatic carbocycles. The van der Waals surface area contributed by atoms with Crippen LogP contribution in [0.25, 0.3) is 32.6 Å². The minimum Gasteiger partial charge on any atom is -0.218 e. The van der Waals surface area contributed by atoms with Gasteiger partial charge in [0.25, 0.3) is 0 Å². The summed E-state index contributed by atoms with van der Waals surface area (Å²) in [5, 5.41) is 3.20. The summed E-state index contributed by atoms with van der Waals surface area (Å²) in [6, 6.07) is 33.3. The van der Waals surface area contributed by atoms with Crippen molar-refractivity contribution in [2.45, 2.75) is 116 Å². The molecule has 0 saturated carbocycles. The van der Waals surface area contributed by atoms with Gasteiger partial charge in [0.2, 0.25) is 19.7 Å². The molecule has 314 valence electrons. The van der Waals surface area contributed by atoms with Crippen LogP contribution in [-0.2, 0) is 19.7 Å². The average Bonchev–Trinajstić information content (AvgIpc) is 3.60. The molecule has 0 saturated heterocycles. The standard InChI is InChI=1S/C22H26Si.2C16H16O2S/c1-15-7-11-19(12-8-15)21-17(3)18(4)22(23(21,5)6)20-13-9-16(2)10-14-20;2*1-9-5-13-14-6-10(2)12(4)8-16(14)19(17,18)15(13)7-11(9)3/h7-14H,1-6H3;2*5-8H,1-4H3. The van der Waals surface area contributed by atoms with Gasteiger partial charge in [0.1, 0.15) is 8.07 Å². The van der Waals surface area contributed by atoms with Crippen LogP contribution in [0.2, 0.25) is 13.1 Å². The first kappa shape index (κ1) is 44.0. The fraction of sp³-hybridized carbons (Fsp3) is 0.259. The van der Waals surface area contributed by atoms with Crippen LogP contribution >= 0.6 is 0 Å². The fourth-order valence-corrected chi connectivity index (χ4v) is 17.1. The van der Waals surface area contributed by atoms with Gasteiger partial charge in [-0.15, -0.1) is 0 Å². The molecule has 3 aliphatic heterocycles. The van der Waals surface area contributed by atoms with Gasteiger partial charge in [-0.25, -0.2) is 16.8 Å². The lowest BCUT2D eigenvalue weighted by molar-refractivity contribution is 0.597. The Labute approximate surface area is 366 Å². The third-order valence-corrected chi connectivity index (χ3v) is 20.9. The first-order valence-electron chi connectivity index (χ1n) is 21.0. The van der Waals surface area contributed by atoms with E-state index in [0.29, 0.717) is 19.6 Å². The Hall–Kier alpha value is -5.08. The number of hydrogen-bond acceptors (Lipinski definition) is 4. The van der Waals surface area contributed by atoms with Crippen LogP contribution in [0, 0.1) is 69.2 Å². The maximum atomic E-state index is 12.6. The molecule has 4 nitrogen and oxygen atoms in total. The second-order valence-corrected chi connectivity index (χ2v) is 26.1. The van der Waals surface area contributed by atoms with E-state index in [9.17, 15) is 16.8 Å². The molecule has 0 spiro atoms. The maximum absolute atomic E-state index is 12.6. The van der Waals surface area contributed by atoms with Crippen molar-refractivity contribution in [1.82, 2.24) is 0 Å². The number of rotatable bonds is 2. The second-order valence-electron chi connectivity index (χ2n) is 18.1. The largest absolute Gasteiger partial charge is 0.218 e. The number of sulfone groups is 2. The summed E-state index contributed by atoms with van der Waals surface area (Å²) in [5.74, 6) is 0. The van der Waals surface area contributed by atoms with Crippen LogP contribution in [0.4, 0.5) is 0 Å². The molecule has 3 aliphatic rings. The molecule has 0 radical (unpaired) electrons. The molecule has 9 rings (SSSR count). The number of aryl methyl sites for hydroxylation is 10. The van der Waals surface area contributed by atoms with Crippen LogP contribution in [0.3, 0.4) is 0 Å². The van der Waals surface area contributed by atoms with Crippen molar-refractivity contribution in [3.63, 3.8) is 0 Å². The van der Waals surface area contributed by atoms with Gasteiger partial charge in [0, 0.05) is 22.3 Å². The minimum atomic E-state index is -3.34. The summed E-state index contributed by atoms with van der Waals surface area (Å²) in [4.78, 5) is 1.82. The number of benzene rings is 6. The lowest BCUT2D eigenvalue weighted by atomic mass is 9.98. The van der Waals surface area contributed by atoms with Crippen molar-refractivity contribution < 1.29 is 16.8 Å². The number of allylic oxidation sites excluding steroid dienone is 2. The molecule has 7 heteroatoms. The first-order chi connectivity index (χ1) is 28.5. The summed E-state index contributed by atoms with van der Waals surface area (Å²) in [6.45, 7) is 29.8. The lowest BCUT2D eigenvalue weighted by Crippen LogP contribution is -2.28. The van der Waals surface area contributed by atoms with E-state index < -0.39 is 27.7 Å². The Morgan fingerprint density at radius 3 is 0.770 bits per heavy atom. The summed E-state index contributed by atoms with van der Waals surface area (Å²) < 4.78 is 50.4. The molecule has 0 fully saturated rings. The zero-order valence-electron chi connectivity index (χ0n) is 38.2. The van der Waals surface area contributed by atoms with Crippen LogP contribution in [0.15, 0.2) is 128 Å². The summed E-state index contributed by atoms with van der Waals surface area (Å²) >= 11 is 0. The lowest BCUT2D eigenvalue weighted by Gasteiger charge is -2.26. The quantitative estimate of drug-likeness (QED) is 0.162. The van der Waals surface area contributed by atoms with Crippen LogP contribution in [0.5, 0.6) is 0 Å². The normalized spacial score (nSPS) is 15.9. The highest BCUT2D eigenvalue weighted by molar-refractivity contribution is 7.92. The van der Waals surface area contributed by atoms with Crippen molar-refractivity contribution in [1.29, 1.82) is 0 Å². The van der Waals surface area contributed by atoms with Gasteiger partial charge >= 0.3 is 0 Å². The third kappa shape index (κ3) is 7.53. The highest BCUT2D eigenvalue weighted by atomic mass is 32.2. The zero-order valence-corrected chi connectivity index (χ0v) is 40.8. The second kappa shape index (κ2) is 15.7. The van der Waals surface area contributed by atoms with E-state index in [-0.39, 0.29) is 0 Å². The molecule has 0 atom stereocenters. The van der Waals surface area contributed by atoms with Gasteiger partial charge in [0.15, 0.2) is 0 Å². The monoisotopic (exact) mass is 862 g/mol. The highest BCUT2D eigenvalue weighted by Gasteiger charge is 2.40. The van der Waals surface area contributed by atoms with Crippen molar-refractivity contribution in [2.75, 3.05) is 0 Å². The van der Waals surface area contributed by atoms with Gasteiger partial charge in [-0.2, -0.15) is 0 Å². The molecule has 6 aromatic rings. The molecule has 6 aromatic carbocycles. The molecular weight excluding hydrogens is 805 g/mol. The van der Waals surface area contributed by atoms with E-state index in [1.807, 2.05) is 79.7 Å². The van der Waals surface area contributed by atoms with E-state index in [1.165, 1.54) is 33.4 Å². The van der Waals surface area contributed by atoms with E-state index in [4.69, 9.17) is 0 Å². The fourth-order valence-electron chi connectivity index (χ4n) is 9.16. The Balaban J connectivity index is 0.000000139. The third-order valence-electron chi connectivity index (χ3n) is 13.4. The van der Waals surface area contributed by atoms with Crippen LogP contribution < -0.4 is 0 Å². The SMILES string of the molecule is CC1=C(c2ccc(C)cc2)[Si](C)(C)C(c2ccc(C)cc2)=C1C.Cc1cc2c(cc1C)S(=O)(=O)c1cc(C)c(C)cc1-2.Cc1cc2c(cc1C)S(=O)(=O)c1cc(C)c(C)cc1-2. The van der Waals surface area contributed by atoms with E-state index in [2.05, 4.69) is 89.3 Å². The molecular formula is C54H58O4S2Si. The predicted octanol–water partition coefficient (Wildman–Crippen LogP) is 13.8. The average molecular weight is 863 g/mol. The van der Waals surface area contributed by atoms with Crippen LogP contribution in [0.1, 0.15) is 80.6 Å². The van der Waals surface area contributed by atoms with E-state index in [1.54, 1.807) is 34.7 Å². The Bertz CT molecular complexity index is 2770. The first-order valence-corrected chi connectivity index (χ1v) is 27.0. The molecule has 0 N–H and O–H groups in total. The number of hydrogen-bond donors (Lipinski definition) is 0. The maximum Gasteiger partial charge on any atom is 0.207 e. The molecule has 0 amide bonds. The van der Waals surface area contributed by atoms with Crippen LogP contribution in [-0.4, -0.2) is 24.9 Å². The summed E-state index contributed by atoms with van der Waals surface area (Å²) in [5.41, 5.74) is 20.4. The van der Waals surface area contributed by atoms with Gasteiger partial charge in [-0.05, 0) is 209 Å². The molecule has 61 heavy (non-hydrogen) atoms. The van der Waals surface area contributed by atoms with Crippen molar-refractivity contribution in [3.8, 4) is 22.3 Å². The Morgan fingerprint density at radius 1 is 0.328 bits per heavy atom. The molecule has 3 heterocycles. The predicted molar refractivity (Wildman–Crippen MR) is 258 cm³/mol. The van der Waals surface area contributed by atoms with Gasteiger partial charge in [-0.3, -0.25) is 0 Å². The topological polar surface area (TPSA) is 68.3 Å². The van der Waals surface area contributed by atoms with E-state index >= 15 is 0 Å². The number of fused-ring (bicyclic) bond motifs is 6. The minimum absolute atomic E-state index is 0.454. The van der Waals surface area contributed by atoms with Gasteiger partial charge < -0.3 is 0 Å². The van der Waals surface area contributed by atoms with E-state index in [0.717, 1.165) is 66.8 Å². The zero-order chi connectivity index (χ0) is 44.7. The van der Waals surface area contributed by atoms with Crippen molar-refractivity contribution in [3.05, 3.63) is 175 Å². The van der Waals surface area contributed by atoms with Crippen molar-refractivity contribution in [2.24, 2.45) is 0 Å². The smallest absolute Gasteiger partial charge is 0.207 e. The molecule has 0 aromatic heterocycles. The molecule has 0 unspecified atom stereocenters. The van der Waals surface area contributed by atoms with Gasteiger partial charge in [-0.1, -0.05) is 72.8 Å². The Morgan fingerprint density at radius 2 is 0.541 bits per heavy atom. The Kier molecular flexibility index (Phi) is 11.3. The van der Waals surface area contributed by atoms with Crippen molar-refractivity contribution >= 4 is 38.1 Å². The summed E-state index contributed by atoms with van der Waals surface area (Å²) in [6.07, 6.45) is 0. The summed E-state index contributed by atoms with van der Waals surface area (Å²) in [7, 11) is -8.37.